The summed E-state index contributed by atoms with van der Waals surface area (Å²) in [6.45, 7) is 2.35. The van der Waals surface area contributed by atoms with Gasteiger partial charge in [0, 0.05) is 11.1 Å². The van der Waals surface area contributed by atoms with Crippen LogP contribution in [-0.2, 0) is 17.8 Å². The topological polar surface area (TPSA) is 86.4 Å². The van der Waals surface area contributed by atoms with Gasteiger partial charge in [-0.1, -0.05) is 55.1 Å². The standard InChI is InChI=1S/C28H25N3O4S/c1-3-18-11-13-20(14-12-18)29-24(32)17-36-28-30-25-22-9-4-5-10-23(22)35-26(25)27(33)31(28)16-19-7-6-8-21(15-19)34-2/h4-15H,3,16-17H2,1-2H3,(H,29,32). The zero-order chi connectivity index (χ0) is 25.1. The minimum atomic E-state index is -0.294. The van der Waals surface area contributed by atoms with E-state index in [-0.39, 0.29) is 29.3 Å². The first-order valence-corrected chi connectivity index (χ1v) is 12.6. The number of rotatable bonds is 8. The van der Waals surface area contributed by atoms with Gasteiger partial charge in [-0.2, -0.15) is 0 Å². The van der Waals surface area contributed by atoms with E-state index in [2.05, 4.69) is 12.2 Å². The van der Waals surface area contributed by atoms with Crippen LogP contribution in [0.4, 0.5) is 5.69 Å². The van der Waals surface area contributed by atoms with E-state index >= 15 is 0 Å². The van der Waals surface area contributed by atoms with E-state index < -0.39 is 0 Å². The van der Waals surface area contributed by atoms with Crippen molar-refractivity contribution in [3.63, 3.8) is 0 Å². The molecule has 2 heterocycles. The van der Waals surface area contributed by atoms with Gasteiger partial charge in [0.05, 0.1) is 19.4 Å². The normalized spacial score (nSPS) is 11.2. The molecule has 0 fully saturated rings. The summed E-state index contributed by atoms with van der Waals surface area (Å²) in [5, 5.41) is 4.12. The highest BCUT2D eigenvalue weighted by atomic mass is 32.2. The van der Waals surface area contributed by atoms with Crippen LogP contribution in [0.1, 0.15) is 18.1 Å². The number of benzene rings is 3. The van der Waals surface area contributed by atoms with Crippen LogP contribution in [0.15, 0.2) is 87.2 Å². The summed E-state index contributed by atoms with van der Waals surface area (Å²) in [6.07, 6.45) is 0.936. The maximum absolute atomic E-state index is 13.6. The lowest BCUT2D eigenvalue weighted by atomic mass is 10.1. The van der Waals surface area contributed by atoms with E-state index in [0.29, 0.717) is 22.0 Å². The van der Waals surface area contributed by atoms with Crippen molar-refractivity contribution in [2.45, 2.75) is 25.0 Å². The number of furan rings is 1. The van der Waals surface area contributed by atoms with E-state index in [1.54, 1.807) is 11.7 Å². The van der Waals surface area contributed by atoms with Crippen molar-refractivity contribution in [3.05, 3.63) is 94.3 Å². The number of aromatic nitrogens is 2. The van der Waals surface area contributed by atoms with Gasteiger partial charge in [0.15, 0.2) is 5.16 Å². The molecule has 36 heavy (non-hydrogen) atoms. The maximum atomic E-state index is 13.6. The first-order valence-electron chi connectivity index (χ1n) is 11.6. The first-order chi connectivity index (χ1) is 17.6. The number of methoxy groups -OCH3 is 1. The SMILES string of the molecule is CCc1ccc(NC(=O)CSc2nc3c(oc4ccccc43)c(=O)n2Cc2cccc(OC)c2)cc1. The van der Waals surface area contributed by atoms with E-state index in [0.717, 1.165) is 23.1 Å². The van der Waals surface area contributed by atoms with Crippen molar-refractivity contribution >= 4 is 45.4 Å². The Kier molecular flexibility index (Phi) is 6.77. The van der Waals surface area contributed by atoms with Crippen molar-refractivity contribution in [1.82, 2.24) is 9.55 Å². The van der Waals surface area contributed by atoms with Gasteiger partial charge >= 0.3 is 0 Å². The Morgan fingerprint density at radius 3 is 2.64 bits per heavy atom. The fourth-order valence-corrected chi connectivity index (χ4v) is 4.80. The van der Waals surface area contributed by atoms with Crippen molar-refractivity contribution < 1.29 is 13.9 Å². The Morgan fingerprint density at radius 2 is 1.86 bits per heavy atom. The molecule has 0 atom stereocenters. The molecule has 8 heteroatoms. The quantitative estimate of drug-likeness (QED) is 0.224. The van der Waals surface area contributed by atoms with E-state index in [1.165, 1.54) is 17.3 Å². The Labute approximate surface area is 212 Å². The molecule has 7 nitrogen and oxygen atoms in total. The minimum Gasteiger partial charge on any atom is -0.497 e. The molecule has 0 bridgehead atoms. The van der Waals surface area contributed by atoms with Gasteiger partial charge in [-0.05, 0) is 53.9 Å². The van der Waals surface area contributed by atoms with Gasteiger partial charge in [-0.3, -0.25) is 14.2 Å². The molecular formula is C28H25N3O4S. The predicted octanol–water partition coefficient (Wildman–Crippen LogP) is 5.49. The second-order valence-electron chi connectivity index (χ2n) is 8.30. The van der Waals surface area contributed by atoms with E-state index in [1.807, 2.05) is 72.8 Å². The van der Waals surface area contributed by atoms with Crippen LogP contribution >= 0.6 is 11.8 Å². The number of hydrogen-bond donors (Lipinski definition) is 1. The van der Waals surface area contributed by atoms with Gasteiger partial charge in [-0.25, -0.2) is 4.98 Å². The van der Waals surface area contributed by atoms with E-state index in [4.69, 9.17) is 14.1 Å². The number of ether oxygens (including phenoxy) is 1. The maximum Gasteiger partial charge on any atom is 0.298 e. The molecule has 0 aliphatic heterocycles. The number of aryl methyl sites for hydroxylation is 1. The van der Waals surface area contributed by atoms with Crippen LogP contribution in [0, 0.1) is 0 Å². The Morgan fingerprint density at radius 1 is 1.06 bits per heavy atom. The molecule has 182 valence electrons. The molecule has 0 radical (unpaired) electrons. The monoisotopic (exact) mass is 499 g/mol. The third-order valence-electron chi connectivity index (χ3n) is 5.90. The second-order valence-corrected chi connectivity index (χ2v) is 9.24. The van der Waals surface area contributed by atoms with Gasteiger partial charge in [-0.15, -0.1) is 0 Å². The van der Waals surface area contributed by atoms with Crippen LogP contribution in [0.3, 0.4) is 0 Å². The highest BCUT2D eigenvalue weighted by Gasteiger charge is 2.19. The van der Waals surface area contributed by atoms with Crippen LogP contribution in [0.25, 0.3) is 22.1 Å². The van der Waals surface area contributed by atoms with Crippen molar-refractivity contribution in [2.75, 3.05) is 18.2 Å². The molecule has 3 aromatic carbocycles. The summed E-state index contributed by atoms with van der Waals surface area (Å²) in [6, 6.07) is 22.7. The summed E-state index contributed by atoms with van der Waals surface area (Å²) in [5.41, 5.74) is 3.80. The lowest BCUT2D eigenvalue weighted by Crippen LogP contribution is -2.24. The Hall–Kier alpha value is -4.04. The van der Waals surface area contributed by atoms with Gasteiger partial charge in [0.1, 0.15) is 16.8 Å². The number of para-hydroxylation sites is 1. The zero-order valence-corrected chi connectivity index (χ0v) is 20.8. The smallest absolute Gasteiger partial charge is 0.298 e. The van der Waals surface area contributed by atoms with Gasteiger partial charge < -0.3 is 14.5 Å². The molecule has 1 amide bonds. The molecule has 0 aliphatic carbocycles. The number of fused-ring (bicyclic) bond motifs is 3. The molecule has 5 aromatic rings. The summed E-state index contributed by atoms with van der Waals surface area (Å²) >= 11 is 1.22. The average molecular weight is 500 g/mol. The van der Waals surface area contributed by atoms with Crippen LogP contribution in [-0.4, -0.2) is 28.3 Å². The number of carbonyl (C=O) groups is 1. The van der Waals surface area contributed by atoms with Gasteiger partial charge in [0.25, 0.3) is 5.56 Å². The fourth-order valence-electron chi connectivity index (χ4n) is 4.01. The highest BCUT2D eigenvalue weighted by Crippen LogP contribution is 2.28. The van der Waals surface area contributed by atoms with Crippen LogP contribution in [0.2, 0.25) is 0 Å². The minimum absolute atomic E-state index is 0.0986. The van der Waals surface area contributed by atoms with E-state index in [9.17, 15) is 9.59 Å². The summed E-state index contributed by atoms with van der Waals surface area (Å²) in [4.78, 5) is 31.1. The third kappa shape index (κ3) is 4.85. The molecule has 0 aliphatic rings. The number of carbonyl (C=O) groups excluding carboxylic acids is 1. The summed E-state index contributed by atoms with van der Waals surface area (Å²) in [7, 11) is 1.60. The largest absolute Gasteiger partial charge is 0.497 e. The summed E-state index contributed by atoms with van der Waals surface area (Å²) in [5.74, 6) is 0.617. The number of thioether (sulfide) groups is 1. The Bertz CT molecular complexity index is 1610. The van der Waals surface area contributed by atoms with Crippen molar-refractivity contribution in [2.24, 2.45) is 0 Å². The predicted molar refractivity (Wildman–Crippen MR) is 143 cm³/mol. The molecule has 0 unspecified atom stereocenters. The highest BCUT2D eigenvalue weighted by molar-refractivity contribution is 7.99. The van der Waals surface area contributed by atoms with Crippen molar-refractivity contribution in [3.8, 4) is 5.75 Å². The first kappa shape index (κ1) is 23.7. The van der Waals surface area contributed by atoms with Crippen molar-refractivity contribution in [1.29, 1.82) is 0 Å². The molecule has 0 spiro atoms. The average Bonchev–Trinajstić information content (AvgIpc) is 3.29. The molecular weight excluding hydrogens is 474 g/mol. The number of anilines is 1. The second kappa shape index (κ2) is 10.3. The molecule has 0 saturated heterocycles. The number of nitrogens with one attached hydrogen (secondary N) is 1. The number of amides is 1. The molecule has 1 N–H and O–H groups in total. The molecule has 2 aromatic heterocycles. The van der Waals surface area contributed by atoms with Gasteiger partial charge in [0.2, 0.25) is 11.5 Å². The number of hydrogen-bond acceptors (Lipinski definition) is 6. The molecule has 5 rings (SSSR count). The summed E-state index contributed by atoms with van der Waals surface area (Å²) < 4.78 is 12.8. The number of nitrogens with zero attached hydrogens (tertiary/aromatic N) is 2. The van der Waals surface area contributed by atoms with Crippen LogP contribution < -0.4 is 15.6 Å². The lowest BCUT2D eigenvalue weighted by molar-refractivity contribution is -0.113. The zero-order valence-electron chi connectivity index (χ0n) is 20.0. The Balaban J connectivity index is 1.48. The lowest BCUT2D eigenvalue weighted by Gasteiger charge is -2.12. The van der Waals surface area contributed by atoms with Crippen LogP contribution in [0.5, 0.6) is 5.75 Å². The fraction of sp³-hybridized carbons (Fsp3) is 0.179. The molecule has 0 saturated carbocycles. The third-order valence-corrected chi connectivity index (χ3v) is 6.88.